The summed E-state index contributed by atoms with van der Waals surface area (Å²) in [6.07, 6.45) is 0. The minimum absolute atomic E-state index is 0. The molecule has 1 aromatic rings. The summed E-state index contributed by atoms with van der Waals surface area (Å²) in [7, 11) is -0.0652. The van der Waals surface area contributed by atoms with E-state index in [1.807, 2.05) is 18.2 Å². The third-order valence-electron chi connectivity index (χ3n) is 3.03. The largest absolute Gasteiger partial charge is 0.486 e. The molecule has 0 spiro atoms. The van der Waals surface area contributed by atoms with Gasteiger partial charge in [-0.2, -0.15) is 0 Å². The van der Waals surface area contributed by atoms with Crippen LogP contribution in [0.25, 0.3) is 0 Å². The molecule has 1 heterocycles. The molecule has 1 aromatic carbocycles. The third kappa shape index (κ3) is 5.03. The molecule has 0 unspecified atom stereocenters. The van der Waals surface area contributed by atoms with Crippen LogP contribution >= 0.6 is 12.4 Å². The van der Waals surface area contributed by atoms with Crippen molar-refractivity contribution < 1.29 is 17.9 Å². The third-order valence-corrected chi connectivity index (χ3v) is 4.86. The number of benzene rings is 1. The van der Waals surface area contributed by atoms with Gasteiger partial charge in [0.25, 0.3) is 0 Å². The Kier molecular flexibility index (Phi) is 6.73. The highest BCUT2D eigenvalue weighted by atomic mass is 35.5. The number of hydrogen-bond acceptors (Lipinski definition) is 5. The van der Waals surface area contributed by atoms with Crippen LogP contribution in [-0.4, -0.2) is 52.3 Å². The Morgan fingerprint density at radius 3 is 2.52 bits per heavy atom. The summed E-state index contributed by atoms with van der Waals surface area (Å²) in [5, 5.41) is 3.12. The molecule has 8 heteroatoms. The van der Waals surface area contributed by atoms with Crippen molar-refractivity contribution in [3.05, 3.63) is 23.8 Å². The highest BCUT2D eigenvalue weighted by Crippen LogP contribution is 2.30. The summed E-state index contributed by atoms with van der Waals surface area (Å²) in [4.78, 5) is 0. The number of halogens is 1. The Hall–Kier alpha value is -1.02. The smallest absolute Gasteiger partial charge is 0.214 e. The van der Waals surface area contributed by atoms with Crippen molar-refractivity contribution in [3.63, 3.8) is 0 Å². The highest BCUT2D eigenvalue weighted by molar-refractivity contribution is 7.89. The van der Waals surface area contributed by atoms with Crippen molar-refractivity contribution in [2.75, 3.05) is 39.6 Å². The normalized spacial score (nSPS) is 13.9. The summed E-state index contributed by atoms with van der Waals surface area (Å²) >= 11 is 0. The average molecular weight is 337 g/mol. The molecule has 120 valence electrons. The number of ether oxygens (including phenoxy) is 2. The predicted molar refractivity (Wildman–Crippen MR) is 83.9 cm³/mol. The van der Waals surface area contributed by atoms with Crippen LogP contribution in [0.2, 0.25) is 0 Å². The van der Waals surface area contributed by atoms with Gasteiger partial charge in [0.15, 0.2) is 11.5 Å². The van der Waals surface area contributed by atoms with E-state index >= 15 is 0 Å². The van der Waals surface area contributed by atoms with Gasteiger partial charge in [-0.1, -0.05) is 6.07 Å². The molecule has 0 fully saturated rings. The molecular weight excluding hydrogens is 316 g/mol. The highest BCUT2D eigenvalue weighted by Gasteiger charge is 2.13. The van der Waals surface area contributed by atoms with E-state index in [0.717, 1.165) is 17.1 Å². The van der Waals surface area contributed by atoms with E-state index in [0.29, 0.717) is 26.3 Å². The van der Waals surface area contributed by atoms with Gasteiger partial charge in [-0.25, -0.2) is 12.7 Å². The second-order valence-corrected chi connectivity index (χ2v) is 7.06. The molecule has 1 aliphatic rings. The van der Waals surface area contributed by atoms with Crippen LogP contribution in [0.5, 0.6) is 11.5 Å². The van der Waals surface area contributed by atoms with Gasteiger partial charge in [-0.15, -0.1) is 12.4 Å². The van der Waals surface area contributed by atoms with Crippen molar-refractivity contribution in [2.24, 2.45) is 0 Å². The van der Waals surface area contributed by atoms with Crippen LogP contribution < -0.4 is 14.8 Å². The summed E-state index contributed by atoms with van der Waals surface area (Å²) in [6.45, 7) is 2.15. The number of sulfonamides is 1. The molecule has 1 aliphatic heterocycles. The van der Waals surface area contributed by atoms with Crippen molar-refractivity contribution in [2.45, 2.75) is 6.54 Å². The van der Waals surface area contributed by atoms with Crippen molar-refractivity contribution in [3.8, 4) is 11.5 Å². The van der Waals surface area contributed by atoms with Crippen molar-refractivity contribution >= 4 is 22.4 Å². The van der Waals surface area contributed by atoms with E-state index in [9.17, 15) is 8.42 Å². The molecule has 0 bridgehead atoms. The quantitative estimate of drug-likeness (QED) is 0.780. The first-order valence-electron chi connectivity index (χ1n) is 6.48. The molecule has 0 saturated heterocycles. The minimum Gasteiger partial charge on any atom is -0.486 e. The fraction of sp³-hybridized carbons (Fsp3) is 0.538. The molecule has 0 atom stereocenters. The molecule has 2 rings (SSSR count). The van der Waals surface area contributed by atoms with Gasteiger partial charge in [0, 0.05) is 27.2 Å². The Balaban J connectivity index is 0.00000220. The molecule has 21 heavy (non-hydrogen) atoms. The molecule has 6 nitrogen and oxygen atoms in total. The van der Waals surface area contributed by atoms with E-state index in [4.69, 9.17) is 9.47 Å². The SMILES string of the molecule is CN(C)S(=O)(=O)CCNCc1ccc2c(c1)OCCO2.Cl. The van der Waals surface area contributed by atoms with Crippen LogP contribution in [0.15, 0.2) is 18.2 Å². The van der Waals surface area contributed by atoms with Crippen LogP contribution in [-0.2, 0) is 16.6 Å². The summed E-state index contributed by atoms with van der Waals surface area (Å²) in [5.41, 5.74) is 1.04. The summed E-state index contributed by atoms with van der Waals surface area (Å²) in [5.74, 6) is 1.59. The first-order valence-corrected chi connectivity index (χ1v) is 8.09. The number of rotatable bonds is 6. The predicted octanol–water partition coefficient (Wildman–Crippen LogP) is 0.861. The first kappa shape index (κ1) is 18.0. The second-order valence-electron chi connectivity index (χ2n) is 4.75. The Bertz CT molecular complexity index is 563. The minimum atomic E-state index is -3.14. The molecule has 0 aliphatic carbocycles. The zero-order chi connectivity index (χ0) is 14.6. The van der Waals surface area contributed by atoms with Gasteiger partial charge >= 0.3 is 0 Å². The van der Waals surface area contributed by atoms with Crippen molar-refractivity contribution in [1.29, 1.82) is 0 Å². The Morgan fingerprint density at radius 2 is 1.86 bits per heavy atom. The lowest BCUT2D eigenvalue weighted by Crippen LogP contribution is -2.31. The van der Waals surface area contributed by atoms with Gasteiger partial charge < -0.3 is 14.8 Å². The van der Waals surface area contributed by atoms with E-state index in [2.05, 4.69) is 5.32 Å². The van der Waals surface area contributed by atoms with Gasteiger partial charge in [-0.05, 0) is 17.7 Å². The zero-order valence-electron chi connectivity index (χ0n) is 12.2. The second kappa shape index (κ2) is 7.84. The van der Waals surface area contributed by atoms with Gasteiger partial charge in [0.2, 0.25) is 10.0 Å². The maximum absolute atomic E-state index is 11.6. The standard InChI is InChI=1S/C13H20N2O4S.ClH/c1-15(2)20(16,17)8-5-14-10-11-3-4-12-13(9-11)19-7-6-18-12;/h3-4,9,14H,5-8,10H2,1-2H3;1H. The van der Waals surface area contributed by atoms with E-state index in [1.165, 1.54) is 18.4 Å². The number of hydrogen-bond donors (Lipinski definition) is 1. The van der Waals surface area contributed by atoms with Crippen LogP contribution in [0, 0.1) is 0 Å². The van der Waals surface area contributed by atoms with E-state index < -0.39 is 10.0 Å². The monoisotopic (exact) mass is 336 g/mol. The molecule has 0 saturated carbocycles. The lowest BCUT2D eigenvalue weighted by molar-refractivity contribution is 0.171. The molecule has 1 N–H and O–H groups in total. The summed E-state index contributed by atoms with van der Waals surface area (Å²) in [6, 6.07) is 5.74. The lowest BCUT2D eigenvalue weighted by atomic mass is 10.2. The van der Waals surface area contributed by atoms with Gasteiger partial charge in [0.05, 0.1) is 5.75 Å². The fourth-order valence-electron chi connectivity index (χ4n) is 1.81. The van der Waals surface area contributed by atoms with E-state index in [-0.39, 0.29) is 18.2 Å². The van der Waals surface area contributed by atoms with Crippen molar-refractivity contribution in [1.82, 2.24) is 9.62 Å². The molecule has 0 amide bonds. The topological polar surface area (TPSA) is 67.9 Å². The summed E-state index contributed by atoms with van der Waals surface area (Å²) < 4.78 is 35.3. The molecular formula is C13H21ClN2O4S. The van der Waals surface area contributed by atoms with Gasteiger partial charge in [-0.3, -0.25) is 0 Å². The average Bonchev–Trinajstić information content (AvgIpc) is 2.43. The van der Waals surface area contributed by atoms with Crippen LogP contribution in [0.3, 0.4) is 0 Å². The zero-order valence-corrected chi connectivity index (χ0v) is 13.8. The lowest BCUT2D eigenvalue weighted by Gasteiger charge is -2.19. The van der Waals surface area contributed by atoms with E-state index in [1.54, 1.807) is 0 Å². The van der Waals surface area contributed by atoms with Gasteiger partial charge in [0.1, 0.15) is 13.2 Å². The molecule has 0 radical (unpaired) electrons. The maximum Gasteiger partial charge on any atom is 0.214 e. The first-order chi connectivity index (χ1) is 9.49. The van der Waals surface area contributed by atoms with Crippen LogP contribution in [0.4, 0.5) is 0 Å². The fourth-order valence-corrected chi connectivity index (χ4v) is 2.58. The number of fused-ring (bicyclic) bond motifs is 1. The number of nitrogens with zero attached hydrogens (tertiary/aromatic N) is 1. The Morgan fingerprint density at radius 1 is 1.19 bits per heavy atom. The molecule has 0 aromatic heterocycles. The maximum atomic E-state index is 11.6. The number of nitrogens with one attached hydrogen (secondary N) is 1. The van der Waals surface area contributed by atoms with Crippen LogP contribution in [0.1, 0.15) is 5.56 Å². The Labute approximate surface area is 131 Å².